The number of benzene rings is 3. The zero-order valence-electron chi connectivity index (χ0n) is 11.4. The second-order valence-electron chi connectivity index (χ2n) is 5.24. The molecule has 0 spiro atoms. The first-order valence-electron chi connectivity index (χ1n) is 6.75. The van der Waals surface area contributed by atoms with Crippen LogP contribution in [0.2, 0.25) is 0 Å². The molecule has 0 radical (unpaired) electrons. The minimum atomic E-state index is -0.511. The topological polar surface area (TPSA) is 46.5 Å². The number of carbonyl (C=O) groups is 2. The van der Waals surface area contributed by atoms with Gasteiger partial charge < -0.3 is 0 Å². The van der Waals surface area contributed by atoms with Crippen molar-refractivity contribution >= 4 is 44.5 Å². The van der Waals surface area contributed by atoms with Gasteiger partial charge in [0.05, 0.1) is 17.0 Å². The minimum Gasteiger partial charge on any atom is -0.285 e. The Morgan fingerprint density at radius 1 is 0.810 bits per heavy atom. The smallest absolute Gasteiger partial charge is 0.247 e. The Morgan fingerprint density at radius 2 is 1.52 bits per heavy atom. The van der Waals surface area contributed by atoms with Gasteiger partial charge in [-0.25, -0.2) is 4.99 Å². The fourth-order valence-electron chi connectivity index (χ4n) is 2.84. The maximum Gasteiger partial charge on any atom is 0.247 e. The van der Waals surface area contributed by atoms with E-state index < -0.39 is 11.6 Å². The van der Waals surface area contributed by atoms with Crippen LogP contribution in [-0.2, 0) is 4.79 Å². The highest BCUT2D eigenvalue weighted by atomic mass is 16.2. The standard InChI is InChI=1S/C18H11NO2/c1-10-17(20)18(21)16-14-9-12-5-3-2-4-11(12)8-13(14)6-7-15(16)19-10/h2-9H,1H3. The predicted octanol–water partition coefficient (Wildman–Crippen LogP) is 3.85. The molecule has 0 fully saturated rings. The van der Waals surface area contributed by atoms with Crippen LogP contribution in [0.1, 0.15) is 17.3 Å². The summed E-state index contributed by atoms with van der Waals surface area (Å²) < 4.78 is 0. The van der Waals surface area contributed by atoms with Crippen molar-refractivity contribution in [2.45, 2.75) is 6.92 Å². The molecule has 0 N–H and O–H groups in total. The zero-order chi connectivity index (χ0) is 14.6. The van der Waals surface area contributed by atoms with Crippen LogP contribution in [0.15, 0.2) is 53.5 Å². The van der Waals surface area contributed by atoms with Gasteiger partial charge in [-0.2, -0.15) is 0 Å². The first-order valence-corrected chi connectivity index (χ1v) is 6.75. The molecule has 0 saturated carbocycles. The number of hydrogen-bond donors (Lipinski definition) is 0. The Morgan fingerprint density at radius 3 is 2.29 bits per heavy atom. The molecule has 3 aromatic carbocycles. The molecule has 3 aromatic rings. The molecule has 0 aliphatic carbocycles. The van der Waals surface area contributed by atoms with Crippen LogP contribution in [0.25, 0.3) is 21.5 Å². The van der Waals surface area contributed by atoms with Crippen LogP contribution in [0.4, 0.5) is 5.69 Å². The van der Waals surface area contributed by atoms with Crippen molar-refractivity contribution in [1.82, 2.24) is 0 Å². The second kappa shape index (κ2) is 4.09. The maximum atomic E-state index is 12.3. The van der Waals surface area contributed by atoms with Crippen LogP contribution in [-0.4, -0.2) is 17.3 Å². The van der Waals surface area contributed by atoms with Crippen molar-refractivity contribution in [3.8, 4) is 0 Å². The molecular formula is C18H11NO2. The maximum absolute atomic E-state index is 12.3. The van der Waals surface area contributed by atoms with Crippen molar-refractivity contribution in [3.63, 3.8) is 0 Å². The molecule has 0 amide bonds. The minimum absolute atomic E-state index is 0.257. The van der Waals surface area contributed by atoms with E-state index in [1.165, 1.54) is 0 Å². The van der Waals surface area contributed by atoms with Gasteiger partial charge in [-0.3, -0.25) is 9.59 Å². The summed E-state index contributed by atoms with van der Waals surface area (Å²) in [6.45, 7) is 1.58. The molecule has 1 aliphatic rings. The van der Waals surface area contributed by atoms with Crippen LogP contribution < -0.4 is 0 Å². The lowest BCUT2D eigenvalue weighted by Gasteiger charge is -2.14. The first-order chi connectivity index (χ1) is 10.1. The average Bonchev–Trinajstić information content (AvgIpc) is 2.50. The molecule has 0 aromatic heterocycles. The van der Waals surface area contributed by atoms with Crippen LogP contribution in [0.3, 0.4) is 0 Å². The molecular weight excluding hydrogens is 262 g/mol. The third kappa shape index (κ3) is 1.64. The first kappa shape index (κ1) is 12.0. The normalized spacial score (nSPS) is 14.4. The Kier molecular flexibility index (Phi) is 2.33. The molecule has 1 heterocycles. The molecule has 21 heavy (non-hydrogen) atoms. The molecule has 0 saturated heterocycles. The molecule has 4 rings (SSSR count). The summed E-state index contributed by atoms with van der Waals surface area (Å²) in [5, 5.41) is 3.90. The molecule has 1 aliphatic heterocycles. The van der Waals surface area contributed by atoms with Gasteiger partial charge in [0.1, 0.15) is 0 Å². The molecule has 0 atom stereocenters. The third-order valence-electron chi connectivity index (χ3n) is 3.91. The Hall–Kier alpha value is -2.81. The predicted molar refractivity (Wildman–Crippen MR) is 83.6 cm³/mol. The molecule has 0 bridgehead atoms. The summed E-state index contributed by atoms with van der Waals surface area (Å²) in [5.41, 5.74) is 1.27. The summed E-state index contributed by atoms with van der Waals surface area (Å²) in [4.78, 5) is 28.5. The van der Waals surface area contributed by atoms with Gasteiger partial charge in [-0.1, -0.05) is 30.3 Å². The van der Waals surface area contributed by atoms with Gasteiger partial charge in [-0.05, 0) is 46.7 Å². The van der Waals surface area contributed by atoms with E-state index in [0.717, 1.165) is 21.5 Å². The number of fused-ring (bicyclic) bond motifs is 4. The van der Waals surface area contributed by atoms with Crippen molar-refractivity contribution in [2.24, 2.45) is 4.99 Å². The van der Waals surface area contributed by atoms with Crippen molar-refractivity contribution in [3.05, 3.63) is 54.1 Å². The number of ketones is 2. The molecule has 3 nitrogen and oxygen atoms in total. The lowest BCUT2D eigenvalue weighted by atomic mass is 9.92. The number of aliphatic imine (C=N–C) groups is 1. The van der Waals surface area contributed by atoms with E-state index >= 15 is 0 Å². The molecule has 0 unspecified atom stereocenters. The van der Waals surface area contributed by atoms with E-state index in [2.05, 4.69) is 4.99 Å². The monoisotopic (exact) mass is 273 g/mol. The average molecular weight is 273 g/mol. The van der Waals surface area contributed by atoms with E-state index in [4.69, 9.17) is 0 Å². The molecule has 100 valence electrons. The van der Waals surface area contributed by atoms with Crippen molar-refractivity contribution in [1.29, 1.82) is 0 Å². The quantitative estimate of drug-likeness (QED) is 0.461. The fraction of sp³-hybridized carbons (Fsp3) is 0.0556. The van der Waals surface area contributed by atoms with E-state index in [-0.39, 0.29) is 5.71 Å². The van der Waals surface area contributed by atoms with Gasteiger partial charge in [0.2, 0.25) is 11.6 Å². The van der Waals surface area contributed by atoms with Crippen molar-refractivity contribution in [2.75, 3.05) is 0 Å². The van der Waals surface area contributed by atoms with Crippen LogP contribution >= 0.6 is 0 Å². The van der Waals surface area contributed by atoms with E-state index in [9.17, 15) is 9.59 Å². The van der Waals surface area contributed by atoms with E-state index in [1.807, 2.05) is 42.5 Å². The highest BCUT2D eigenvalue weighted by molar-refractivity contribution is 6.70. The number of hydrogen-bond acceptors (Lipinski definition) is 3. The Labute approximate surface area is 120 Å². The number of rotatable bonds is 0. The van der Waals surface area contributed by atoms with Crippen LogP contribution in [0, 0.1) is 0 Å². The molecule has 3 heteroatoms. The van der Waals surface area contributed by atoms with Crippen LogP contribution in [0.5, 0.6) is 0 Å². The number of nitrogens with zero attached hydrogens (tertiary/aromatic N) is 1. The highest BCUT2D eigenvalue weighted by Gasteiger charge is 2.28. The number of carbonyl (C=O) groups excluding carboxylic acids is 2. The fourth-order valence-corrected chi connectivity index (χ4v) is 2.84. The van der Waals surface area contributed by atoms with E-state index in [1.54, 1.807) is 13.0 Å². The zero-order valence-corrected chi connectivity index (χ0v) is 11.4. The summed E-state index contributed by atoms with van der Waals surface area (Å²) in [6.07, 6.45) is 0. The van der Waals surface area contributed by atoms with Gasteiger partial charge in [0.25, 0.3) is 0 Å². The summed E-state index contributed by atoms with van der Waals surface area (Å²) >= 11 is 0. The second-order valence-corrected chi connectivity index (χ2v) is 5.24. The summed E-state index contributed by atoms with van der Waals surface area (Å²) in [5.74, 6) is -0.971. The largest absolute Gasteiger partial charge is 0.285 e. The summed E-state index contributed by atoms with van der Waals surface area (Å²) in [6, 6.07) is 15.7. The van der Waals surface area contributed by atoms with Gasteiger partial charge in [0.15, 0.2) is 0 Å². The lowest BCUT2D eigenvalue weighted by molar-refractivity contribution is -0.109. The van der Waals surface area contributed by atoms with Gasteiger partial charge in [-0.15, -0.1) is 0 Å². The lowest BCUT2D eigenvalue weighted by Crippen LogP contribution is -2.25. The van der Waals surface area contributed by atoms with Gasteiger partial charge in [0, 0.05) is 0 Å². The Bertz CT molecular complexity index is 983. The number of Topliss-reactive ketones (excluding diaryl/α,β-unsaturated/α-hetero) is 2. The third-order valence-corrected chi connectivity index (χ3v) is 3.91. The van der Waals surface area contributed by atoms with E-state index in [0.29, 0.717) is 11.3 Å². The van der Waals surface area contributed by atoms with Gasteiger partial charge >= 0.3 is 0 Å². The summed E-state index contributed by atoms with van der Waals surface area (Å²) in [7, 11) is 0. The highest BCUT2D eigenvalue weighted by Crippen LogP contribution is 2.34. The Balaban J connectivity index is 2.17. The van der Waals surface area contributed by atoms with Crippen molar-refractivity contribution < 1.29 is 9.59 Å². The SMILES string of the molecule is CC1=Nc2ccc3cc4ccccc4cc3c2C(=O)C1=O.